The molecule has 0 radical (unpaired) electrons. The Morgan fingerprint density at radius 1 is 1.30 bits per heavy atom. The minimum absolute atomic E-state index is 0.153. The third kappa shape index (κ3) is 3.95. The molecule has 0 unspecified atom stereocenters. The highest BCUT2D eigenvalue weighted by Gasteiger charge is 2.41. The normalized spacial score (nSPS) is 16.3. The minimum atomic E-state index is -1.35. The molecule has 1 amide bonds. The predicted molar refractivity (Wildman–Crippen MR) is 80.1 cm³/mol. The lowest BCUT2D eigenvalue weighted by Crippen LogP contribution is -2.58. The number of benzene rings is 1. The molecule has 0 aliphatic carbocycles. The van der Waals surface area contributed by atoms with Gasteiger partial charge in [0.1, 0.15) is 11.2 Å². The van der Waals surface area contributed by atoms with Crippen molar-refractivity contribution < 1.29 is 24.4 Å². The Labute approximate surface area is 131 Å². The van der Waals surface area contributed by atoms with Crippen molar-refractivity contribution in [3.8, 4) is 0 Å². The number of carboxylic acid groups (broad SMARTS) is 1. The van der Waals surface area contributed by atoms with Crippen LogP contribution in [-0.4, -0.2) is 47.2 Å². The highest BCUT2D eigenvalue weighted by atomic mass is 16.6. The summed E-state index contributed by atoms with van der Waals surface area (Å²) in [5.74, 6) is -1.66. The number of nitro groups is 1. The molecule has 3 N–H and O–H groups in total. The van der Waals surface area contributed by atoms with Crippen LogP contribution in [0.3, 0.4) is 0 Å². The summed E-state index contributed by atoms with van der Waals surface area (Å²) in [7, 11) is 0. The van der Waals surface area contributed by atoms with Crippen molar-refractivity contribution in [3.63, 3.8) is 0 Å². The molecule has 1 heterocycles. The summed E-state index contributed by atoms with van der Waals surface area (Å²) in [5, 5.41) is 25.4. The highest BCUT2D eigenvalue weighted by Crippen LogP contribution is 2.23. The number of para-hydroxylation sites is 2. The number of carbonyl (C=O) groups excluding carboxylic acids is 1. The molecular weight excluding hydrogens is 306 g/mol. The molecule has 124 valence electrons. The monoisotopic (exact) mass is 323 g/mol. The van der Waals surface area contributed by atoms with Gasteiger partial charge in [0.25, 0.3) is 5.69 Å². The summed E-state index contributed by atoms with van der Waals surface area (Å²) in [6.07, 6.45) is 0.360. The number of anilines is 1. The van der Waals surface area contributed by atoms with Crippen molar-refractivity contribution in [1.29, 1.82) is 0 Å². The van der Waals surface area contributed by atoms with Crippen LogP contribution in [0.4, 0.5) is 11.4 Å². The maximum atomic E-state index is 12.0. The Hall–Kier alpha value is -2.68. The fourth-order valence-electron chi connectivity index (χ4n) is 2.38. The van der Waals surface area contributed by atoms with E-state index in [-0.39, 0.29) is 44.0 Å². The number of nitro benzene ring substituents is 1. The summed E-state index contributed by atoms with van der Waals surface area (Å²) in [6, 6.07) is 5.92. The van der Waals surface area contributed by atoms with Gasteiger partial charge in [-0.15, -0.1) is 0 Å². The van der Waals surface area contributed by atoms with E-state index in [9.17, 15) is 24.8 Å². The topological polar surface area (TPSA) is 131 Å². The average molecular weight is 323 g/mol. The molecule has 0 atom stereocenters. The number of amides is 1. The van der Waals surface area contributed by atoms with Crippen LogP contribution in [0, 0.1) is 10.1 Å². The number of rotatable bonds is 6. The van der Waals surface area contributed by atoms with E-state index < -0.39 is 22.3 Å². The first-order valence-electron chi connectivity index (χ1n) is 7.04. The molecule has 1 aromatic rings. The predicted octanol–water partition coefficient (Wildman–Crippen LogP) is 0.757. The van der Waals surface area contributed by atoms with Gasteiger partial charge in [-0.2, -0.15) is 0 Å². The first-order valence-corrected chi connectivity index (χ1v) is 7.04. The molecule has 1 aromatic carbocycles. The quantitative estimate of drug-likeness (QED) is 0.520. The molecule has 0 spiro atoms. The van der Waals surface area contributed by atoms with Crippen molar-refractivity contribution in [2.45, 2.75) is 18.4 Å². The van der Waals surface area contributed by atoms with Gasteiger partial charge in [0.15, 0.2) is 0 Å². The van der Waals surface area contributed by atoms with Crippen molar-refractivity contribution in [2.24, 2.45) is 0 Å². The summed E-state index contributed by atoms with van der Waals surface area (Å²) >= 11 is 0. The second kappa shape index (κ2) is 7.05. The first kappa shape index (κ1) is 16.7. The zero-order valence-corrected chi connectivity index (χ0v) is 12.3. The Bertz CT molecular complexity index is 612. The van der Waals surface area contributed by atoms with Crippen LogP contribution in [0.25, 0.3) is 0 Å². The largest absolute Gasteiger partial charge is 0.480 e. The van der Waals surface area contributed by atoms with Gasteiger partial charge >= 0.3 is 5.97 Å². The third-order valence-corrected chi connectivity index (χ3v) is 3.67. The zero-order valence-electron chi connectivity index (χ0n) is 12.3. The summed E-state index contributed by atoms with van der Waals surface area (Å²) < 4.78 is 5.12. The molecule has 1 fully saturated rings. The number of nitrogens with zero attached hydrogens (tertiary/aromatic N) is 1. The van der Waals surface area contributed by atoms with Crippen molar-refractivity contribution in [3.05, 3.63) is 34.4 Å². The number of ether oxygens (including phenoxy) is 1. The van der Waals surface area contributed by atoms with Crippen molar-refractivity contribution in [2.75, 3.05) is 25.1 Å². The lowest BCUT2D eigenvalue weighted by Gasteiger charge is -2.33. The number of carbonyl (C=O) groups is 2. The second-order valence-corrected chi connectivity index (χ2v) is 5.18. The molecule has 1 aliphatic heterocycles. The smallest absolute Gasteiger partial charge is 0.329 e. The minimum Gasteiger partial charge on any atom is -0.480 e. The van der Waals surface area contributed by atoms with Crippen LogP contribution in [0.2, 0.25) is 0 Å². The van der Waals surface area contributed by atoms with E-state index in [4.69, 9.17) is 4.74 Å². The molecule has 9 heteroatoms. The number of aliphatic carboxylic acids is 1. The lowest BCUT2D eigenvalue weighted by molar-refractivity contribution is -0.383. The van der Waals surface area contributed by atoms with Gasteiger partial charge < -0.3 is 20.5 Å². The van der Waals surface area contributed by atoms with E-state index >= 15 is 0 Å². The van der Waals surface area contributed by atoms with Gasteiger partial charge in [-0.25, -0.2) is 4.79 Å². The van der Waals surface area contributed by atoms with Crippen molar-refractivity contribution >= 4 is 23.3 Å². The first-order chi connectivity index (χ1) is 10.9. The van der Waals surface area contributed by atoms with Crippen LogP contribution >= 0.6 is 0 Å². The van der Waals surface area contributed by atoms with Crippen LogP contribution in [-0.2, 0) is 14.3 Å². The Morgan fingerprint density at radius 2 is 1.96 bits per heavy atom. The Kier molecular flexibility index (Phi) is 5.12. The number of carboxylic acids is 1. The molecule has 1 aliphatic rings. The molecule has 2 rings (SSSR count). The molecular formula is C14H17N3O6. The fourth-order valence-corrected chi connectivity index (χ4v) is 2.38. The zero-order chi connectivity index (χ0) is 16.9. The van der Waals surface area contributed by atoms with E-state index in [0.717, 1.165) is 0 Å². The molecule has 1 saturated heterocycles. The second-order valence-electron chi connectivity index (χ2n) is 5.18. The van der Waals surface area contributed by atoms with Crippen LogP contribution in [0.1, 0.15) is 12.8 Å². The van der Waals surface area contributed by atoms with E-state index in [1.54, 1.807) is 6.07 Å². The summed E-state index contributed by atoms with van der Waals surface area (Å²) in [5.41, 5.74) is -1.30. The van der Waals surface area contributed by atoms with Gasteiger partial charge in [-0.3, -0.25) is 14.9 Å². The summed E-state index contributed by atoms with van der Waals surface area (Å²) in [6.45, 7) is 0.245. The maximum absolute atomic E-state index is 12.0. The van der Waals surface area contributed by atoms with Gasteiger partial charge in [-0.05, 0) is 6.07 Å². The SMILES string of the molecule is O=C(CNc1ccccc1[N+](=O)[O-])NC1(C(=O)O)CCOCC1. The molecule has 9 nitrogen and oxygen atoms in total. The molecule has 0 aromatic heterocycles. The number of hydrogen-bond donors (Lipinski definition) is 3. The van der Waals surface area contributed by atoms with Crippen molar-refractivity contribution in [1.82, 2.24) is 5.32 Å². The van der Waals surface area contributed by atoms with Gasteiger partial charge in [0.2, 0.25) is 5.91 Å². The van der Waals surface area contributed by atoms with E-state index in [0.29, 0.717) is 0 Å². The van der Waals surface area contributed by atoms with Crippen LogP contribution < -0.4 is 10.6 Å². The Balaban J connectivity index is 2.00. The number of nitrogens with one attached hydrogen (secondary N) is 2. The lowest BCUT2D eigenvalue weighted by atomic mass is 9.90. The van der Waals surface area contributed by atoms with Gasteiger partial charge in [-0.1, -0.05) is 12.1 Å². The highest BCUT2D eigenvalue weighted by molar-refractivity contribution is 5.89. The van der Waals surface area contributed by atoms with Crippen LogP contribution in [0.5, 0.6) is 0 Å². The number of hydrogen-bond acceptors (Lipinski definition) is 6. The van der Waals surface area contributed by atoms with Gasteiger partial charge in [0.05, 0.1) is 11.5 Å². The van der Waals surface area contributed by atoms with E-state index in [2.05, 4.69) is 10.6 Å². The maximum Gasteiger partial charge on any atom is 0.329 e. The molecule has 0 bridgehead atoms. The van der Waals surface area contributed by atoms with E-state index in [1.165, 1.54) is 18.2 Å². The molecule has 0 saturated carbocycles. The standard InChI is InChI=1S/C14H17N3O6/c18-12(16-14(13(19)20)5-7-23-8-6-14)9-15-10-3-1-2-4-11(10)17(21)22/h1-4,15H,5-9H2,(H,16,18)(H,19,20). The summed E-state index contributed by atoms with van der Waals surface area (Å²) in [4.78, 5) is 33.8. The molecule has 23 heavy (non-hydrogen) atoms. The average Bonchev–Trinajstić information content (AvgIpc) is 2.54. The fraction of sp³-hybridized carbons (Fsp3) is 0.429. The van der Waals surface area contributed by atoms with Gasteiger partial charge in [0, 0.05) is 32.1 Å². The van der Waals surface area contributed by atoms with E-state index in [1.807, 2.05) is 0 Å². The Morgan fingerprint density at radius 3 is 2.57 bits per heavy atom. The third-order valence-electron chi connectivity index (χ3n) is 3.67. The van der Waals surface area contributed by atoms with Crippen LogP contribution in [0.15, 0.2) is 24.3 Å².